The van der Waals surface area contributed by atoms with Crippen molar-refractivity contribution in [2.45, 2.75) is 20.8 Å². The van der Waals surface area contributed by atoms with Gasteiger partial charge in [-0.25, -0.2) is 0 Å². The van der Waals surface area contributed by atoms with E-state index in [1.54, 1.807) is 6.07 Å². The molecule has 0 spiro atoms. The quantitative estimate of drug-likeness (QED) is 0.404. The second kappa shape index (κ2) is 8.70. The molecular formula is C22H23N7O2. The number of H-pyrrole nitrogens is 1. The molecule has 0 fully saturated rings. The topological polar surface area (TPSA) is 124 Å². The van der Waals surface area contributed by atoms with Crippen molar-refractivity contribution in [3.8, 4) is 28.9 Å². The van der Waals surface area contributed by atoms with Crippen LogP contribution in [0.5, 0.6) is 17.5 Å². The lowest BCUT2D eigenvalue weighted by Crippen LogP contribution is -2.01. The molecule has 0 saturated heterocycles. The molecule has 2 aromatic carbocycles. The fraction of sp³-hybridized carbons (Fsp3) is 0.182. The Morgan fingerprint density at radius 1 is 0.935 bits per heavy atom. The van der Waals surface area contributed by atoms with Gasteiger partial charge in [-0.3, -0.25) is 5.10 Å². The van der Waals surface area contributed by atoms with E-state index in [2.05, 4.69) is 56.4 Å². The first-order chi connectivity index (χ1) is 15.0. The van der Waals surface area contributed by atoms with Gasteiger partial charge < -0.3 is 20.5 Å². The SMILES string of the molecule is CCOc1cc(Oc2ccc(-c3nc(Nc4ccc(C)c(C)c4)n[nH]3)cc2)nc(N)n1. The summed E-state index contributed by atoms with van der Waals surface area (Å²) in [7, 11) is 0. The first-order valence-corrected chi connectivity index (χ1v) is 9.82. The summed E-state index contributed by atoms with van der Waals surface area (Å²) in [5.74, 6) is 2.50. The van der Waals surface area contributed by atoms with Gasteiger partial charge in [0.1, 0.15) is 5.75 Å². The third-order valence-corrected chi connectivity index (χ3v) is 4.59. The van der Waals surface area contributed by atoms with Gasteiger partial charge in [0.25, 0.3) is 0 Å². The summed E-state index contributed by atoms with van der Waals surface area (Å²) < 4.78 is 11.1. The molecule has 0 unspecified atom stereocenters. The van der Waals surface area contributed by atoms with Crippen LogP contribution in [0.25, 0.3) is 11.4 Å². The number of nitrogens with zero attached hydrogens (tertiary/aromatic N) is 4. The highest BCUT2D eigenvalue weighted by Crippen LogP contribution is 2.26. The molecule has 2 aromatic heterocycles. The Morgan fingerprint density at radius 2 is 1.71 bits per heavy atom. The molecule has 4 rings (SSSR count). The van der Waals surface area contributed by atoms with E-state index in [9.17, 15) is 0 Å². The van der Waals surface area contributed by atoms with E-state index in [0.717, 1.165) is 11.3 Å². The van der Waals surface area contributed by atoms with Crippen molar-refractivity contribution in [3.05, 3.63) is 59.7 Å². The van der Waals surface area contributed by atoms with Crippen molar-refractivity contribution in [2.75, 3.05) is 17.7 Å². The lowest BCUT2D eigenvalue weighted by Gasteiger charge is -2.08. The lowest BCUT2D eigenvalue weighted by molar-refractivity contribution is 0.323. The number of aromatic amines is 1. The molecule has 9 nitrogen and oxygen atoms in total. The van der Waals surface area contributed by atoms with Gasteiger partial charge in [-0.15, -0.1) is 5.10 Å². The molecule has 0 saturated carbocycles. The molecule has 0 amide bonds. The Labute approximate surface area is 179 Å². The fourth-order valence-electron chi connectivity index (χ4n) is 2.89. The second-order valence-electron chi connectivity index (χ2n) is 6.89. The van der Waals surface area contributed by atoms with E-state index in [1.807, 2.05) is 37.3 Å². The number of nitrogens with two attached hydrogens (primary N) is 1. The Hall–Kier alpha value is -4.14. The highest BCUT2D eigenvalue weighted by atomic mass is 16.5. The minimum atomic E-state index is 0.0861. The molecule has 9 heteroatoms. The van der Waals surface area contributed by atoms with Crippen LogP contribution in [-0.2, 0) is 0 Å². The molecule has 0 bridgehead atoms. The van der Waals surface area contributed by atoms with Gasteiger partial charge in [0.15, 0.2) is 5.82 Å². The van der Waals surface area contributed by atoms with Crippen LogP contribution in [-0.4, -0.2) is 31.8 Å². The first-order valence-electron chi connectivity index (χ1n) is 9.82. The van der Waals surface area contributed by atoms with E-state index in [1.165, 1.54) is 11.1 Å². The maximum atomic E-state index is 5.77. The van der Waals surface area contributed by atoms with Crippen LogP contribution < -0.4 is 20.5 Å². The molecule has 0 aliphatic heterocycles. The molecule has 0 aliphatic rings. The summed E-state index contributed by atoms with van der Waals surface area (Å²) in [6, 6.07) is 15.1. The van der Waals surface area contributed by atoms with E-state index in [-0.39, 0.29) is 5.95 Å². The minimum Gasteiger partial charge on any atom is -0.478 e. The van der Waals surface area contributed by atoms with Crippen LogP contribution in [0.15, 0.2) is 48.5 Å². The first kappa shape index (κ1) is 20.1. The highest BCUT2D eigenvalue weighted by molar-refractivity contribution is 5.61. The lowest BCUT2D eigenvalue weighted by atomic mass is 10.1. The molecule has 0 radical (unpaired) electrons. The number of aryl methyl sites for hydroxylation is 2. The molecule has 31 heavy (non-hydrogen) atoms. The van der Waals surface area contributed by atoms with Crippen LogP contribution in [0, 0.1) is 13.8 Å². The molecule has 4 aromatic rings. The molecular weight excluding hydrogens is 394 g/mol. The maximum Gasteiger partial charge on any atom is 0.246 e. The van der Waals surface area contributed by atoms with E-state index < -0.39 is 0 Å². The summed E-state index contributed by atoms with van der Waals surface area (Å²) in [5, 5.41) is 10.4. The number of rotatable bonds is 7. The summed E-state index contributed by atoms with van der Waals surface area (Å²) in [4.78, 5) is 12.6. The number of benzene rings is 2. The van der Waals surface area contributed by atoms with Crippen molar-refractivity contribution in [1.82, 2.24) is 25.1 Å². The zero-order valence-electron chi connectivity index (χ0n) is 17.5. The van der Waals surface area contributed by atoms with Crippen molar-refractivity contribution in [3.63, 3.8) is 0 Å². The Bertz CT molecular complexity index is 1190. The zero-order chi connectivity index (χ0) is 21.8. The van der Waals surface area contributed by atoms with Gasteiger partial charge in [-0.05, 0) is 68.3 Å². The average Bonchev–Trinajstić information content (AvgIpc) is 3.20. The van der Waals surface area contributed by atoms with Crippen molar-refractivity contribution >= 4 is 17.6 Å². The van der Waals surface area contributed by atoms with Crippen LogP contribution in [0.1, 0.15) is 18.1 Å². The minimum absolute atomic E-state index is 0.0861. The van der Waals surface area contributed by atoms with Gasteiger partial charge in [-0.2, -0.15) is 15.0 Å². The Balaban J connectivity index is 1.45. The highest BCUT2D eigenvalue weighted by Gasteiger charge is 2.09. The monoisotopic (exact) mass is 417 g/mol. The van der Waals surface area contributed by atoms with E-state index in [4.69, 9.17) is 15.2 Å². The maximum absolute atomic E-state index is 5.77. The Morgan fingerprint density at radius 3 is 2.45 bits per heavy atom. The molecule has 0 atom stereocenters. The molecule has 2 heterocycles. The van der Waals surface area contributed by atoms with Gasteiger partial charge in [-0.1, -0.05) is 6.07 Å². The van der Waals surface area contributed by atoms with Gasteiger partial charge >= 0.3 is 0 Å². The third kappa shape index (κ3) is 4.89. The van der Waals surface area contributed by atoms with Crippen molar-refractivity contribution < 1.29 is 9.47 Å². The van der Waals surface area contributed by atoms with E-state index in [0.29, 0.717) is 35.9 Å². The number of ether oxygens (including phenoxy) is 2. The number of nitrogen functional groups attached to an aromatic ring is 1. The van der Waals surface area contributed by atoms with Crippen LogP contribution in [0.2, 0.25) is 0 Å². The normalized spacial score (nSPS) is 10.7. The fourth-order valence-corrected chi connectivity index (χ4v) is 2.89. The second-order valence-corrected chi connectivity index (χ2v) is 6.89. The van der Waals surface area contributed by atoms with Gasteiger partial charge in [0.05, 0.1) is 12.7 Å². The molecule has 158 valence electrons. The largest absolute Gasteiger partial charge is 0.478 e. The standard InChI is InChI=1S/C22H23N7O2/c1-4-30-18-12-19(26-21(23)25-18)31-17-9-6-15(7-10-17)20-27-22(29-28-20)24-16-8-5-13(2)14(3)11-16/h5-12H,4H2,1-3H3,(H2,23,25,26)(H2,24,27,28,29). The smallest absolute Gasteiger partial charge is 0.246 e. The predicted molar refractivity (Wildman–Crippen MR) is 119 cm³/mol. The number of hydrogen-bond donors (Lipinski definition) is 3. The summed E-state index contributed by atoms with van der Waals surface area (Å²) in [6.45, 7) is 6.49. The zero-order valence-corrected chi connectivity index (χ0v) is 17.5. The predicted octanol–water partition coefficient (Wildman–Crippen LogP) is 4.40. The van der Waals surface area contributed by atoms with Crippen LogP contribution >= 0.6 is 0 Å². The van der Waals surface area contributed by atoms with Crippen molar-refractivity contribution in [2.24, 2.45) is 0 Å². The molecule has 0 aliphatic carbocycles. The van der Waals surface area contributed by atoms with Gasteiger partial charge in [0.2, 0.25) is 23.7 Å². The molecule has 4 N–H and O–H groups in total. The number of nitrogens with one attached hydrogen (secondary N) is 2. The van der Waals surface area contributed by atoms with Crippen LogP contribution in [0.3, 0.4) is 0 Å². The summed E-state index contributed by atoms with van der Waals surface area (Å²) in [6.07, 6.45) is 0. The Kier molecular flexibility index (Phi) is 5.65. The van der Waals surface area contributed by atoms with Gasteiger partial charge in [0, 0.05) is 11.3 Å². The van der Waals surface area contributed by atoms with Crippen LogP contribution in [0.4, 0.5) is 17.6 Å². The van der Waals surface area contributed by atoms with Crippen molar-refractivity contribution in [1.29, 1.82) is 0 Å². The number of anilines is 3. The number of hydrogen-bond acceptors (Lipinski definition) is 8. The third-order valence-electron chi connectivity index (χ3n) is 4.59. The van der Waals surface area contributed by atoms with E-state index >= 15 is 0 Å². The average molecular weight is 417 g/mol. The summed E-state index contributed by atoms with van der Waals surface area (Å²) >= 11 is 0. The number of aromatic nitrogens is 5. The summed E-state index contributed by atoms with van der Waals surface area (Å²) in [5.41, 5.74) is 9.95.